The Balaban J connectivity index is 1.80. The zero-order valence-corrected chi connectivity index (χ0v) is 21.0. The third kappa shape index (κ3) is 3.04. The van der Waals surface area contributed by atoms with E-state index in [-0.39, 0.29) is 5.41 Å². The molecule has 0 N–H and O–H groups in total. The van der Waals surface area contributed by atoms with Crippen LogP contribution in [0.5, 0.6) is 0 Å². The van der Waals surface area contributed by atoms with Crippen LogP contribution in [0.15, 0.2) is 77.3 Å². The molecule has 0 bridgehead atoms. The Morgan fingerprint density at radius 3 is 2.36 bits per heavy atom. The maximum Gasteiger partial charge on any atom is 0.0992 e. The maximum absolute atomic E-state index is 9.41. The van der Waals surface area contributed by atoms with Gasteiger partial charge in [0.05, 0.1) is 27.4 Å². The molecule has 0 spiro atoms. The minimum atomic E-state index is 0.111. The van der Waals surface area contributed by atoms with Gasteiger partial charge in [0, 0.05) is 36.4 Å². The van der Waals surface area contributed by atoms with Crippen LogP contribution in [0.25, 0.3) is 47.7 Å². The highest BCUT2D eigenvalue weighted by molar-refractivity contribution is 9.10. The van der Waals surface area contributed by atoms with Crippen LogP contribution >= 0.6 is 27.3 Å². The summed E-state index contributed by atoms with van der Waals surface area (Å²) < 4.78 is 5.84. The van der Waals surface area contributed by atoms with E-state index in [0.29, 0.717) is 5.56 Å². The number of fused-ring (bicyclic) bond motifs is 7. The lowest BCUT2D eigenvalue weighted by atomic mass is 9.87. The second kappa shape index (κ2) is 7.18. The minimum absolute atomic E-state index is 0.111. The van der Waals surface area contributed by atoms with Crippen molar-refractivity contribution in [3.8, 4) is 11.8 Å². The van der Waals surface area contributed by atoms with Gasteiger partial charge in [0.25, 0.3) is 0 Å². The molecule has 0 saturated heterocycles. The molecule has 2 nitrogen and oxygen atoms in total. The summed E-state index contributed by atoms with van der Waals surface area (Å²) in [5, 5.41) is 14.3. The highest BCUT2D eigenvalue weighted by atomic mass is 79.9. The molecule has 2 heterocycles. The molecule has 2 aromatic heterocycles. The molecule has 0 unspecified atom stereocenters. The number of thiophene rings is 1. The molecule has 0 saturated carbocycles. The Kier molecular flexibility index (Phi) is 4.46. The van der Waals surface area contributed by atoms with Crippen LogP contribution in [-0.4, -0.2) is 4.57 Å². The number of nitriles is 1. The molecule has 33 heavy (non-hydrogen) atoms. The van der Waals surface area contributed by atoms with E-state index in [9.17, 15) is 5.26 Å². The summed E-state index contributed by atoms with van der Waals surface area (Å²) in [6.07, 6.45) is 0. The van der Waals surface area contributed by atoms with Gasteiger partial charge in [-0.2, -0.15) is 5.26 Å². The van der Waals surface area contributed by atoms with Gasteiger partial charge in [0.2, 0.25) is 0 Å². The number of hydrogen-bond acceptors (Lipinski definition) is 2. The number of aromatic nitrogens is 1. The largest absolute Gasteiger partial charge is 0.309 e. The Bertz CT molecular complexity index is 1760. The van der Waals surface area contributed by atoms with Crippen LogP contribution in [0.1, 0.15) is 31.9 Å². The molecule has 0 aliphatic rings. The van der Waals surface area contributed by atoms with E-state index in [1.54, 1.807) is 11.3 Å². The highest BCUT2D eigenvalue weighted by Crippen LogP contribution is 2.46. The molecule has 4 heteroatoms. The Morgan fingerprint density at radius 2 is 1.64 bits per heavy atom. The monoisotopic (exact) mass is 508 g/mol. The van der Waals surface area contributed by atoms with Crippen molar-refractivity contribution >= 4 is 69.2 Å². The molecule has 0 aliphatic carbocycles. The van der Waals surface area contributed by atoms with E-state index in [1.807, 2.05) is 12.1 Å². The van der Waals surface area contributed by atoms with Crippen LogP contribution in [0.4, 0.5) is 0 Å². The van der Waals surface area contributed by atoms with Crippen molar-refractivity contribution in [1.29, 1.82) is 5.26 Å². The van der Waals surface area contributed by atoms with Crippen LogP contribution in [0, 0.1) is 11.3 Å². The number of halogens is 1. The van der Waals surface area contributed by atoms with Gasteiger partial charge >= 0.3 is 0 Å². The molecule has 0 fully saturated rings. The summed E-state index contributed by atoms with van der Waals surface area (Å²) in [7, 11) is 0. The van der Waals surface area contributed by atoms with Crippen LogP contribution in [0.2, 0.25) is 0 Å². The number of rotatable bonds is 1. The summed E-state index contributed by atoms with van der Waals surface area (Å²) >= 11 is 5.59. The molecule has 160 valence electrons. The van der Waals surface area contributed by atoms with Gasteiger partial charge in [-0.25, -0.2) is 0 Å². The smallest absolute Gasteiger partial charge is 0.0992 e. The average Bonchev–Trinajstić information content (AvgIpc) is 3.34. The van der Waals surface area contributed by atoms with Gasteiger partial charge in [0.1, 0.15) is 0 Å². The van der Waals surface area contributed by atoms with Crippen molar-refractivity contribution in [3.05, 3.63) is 88.4 Å². The first-order valence-electron chi connectivity index (χ1n) is 11.0. The normalized spacial score (nSPS) is 12.2. The van der Waals surface area contributed by atoms with Crippen molar-refractivity contribution in [3.63, 3.8) is 0 Å². The number of nitrogens with zero attached hydrogens (tertiary/aromatic N) is 2. The molecule has 4 aromatic carbocycles. The van der Waals surface area contributed by atoms with Crippen molar-refractivity contribution < 1.29 is 0 Å². The van der Waals surface area contributed by atoms with Gasteiger partial charge in [-0.3, -0.25) is 0 Å². The Labute approximate surface area is 204 Å². The molecule has 0 aliphatic heterocycles. The van der Waals surface area contributed by atoms with Gasteiger partial charge in [-0.15, -0.1) is 11.3 Å². The molecule has 0 radical (unpaired) electrons. The lowest BCUT2D eigenvalue weighted by molar-refractivity contribution is 0.590. The van der Waals surface area contributed by atoms with E-state index in [4.69, 9.17) is 0 Å². The number of para-hydroxylation sites is 1. The first kappa shape index (κ1) is 20.5. The lowest BCUT2D eigenvalue weighted by Crippen LogP contribution is -2.10. The standard InChI is InChI=1S/C29H21BrN2S/c1-29(2,3)18-9-11-19(12-10-18)32-24-7-5-4-6-20(24)22-15-23(30)28-26(27(22)32)21-13-8-17(16-31)14-25(21)33-28/h4-15H,1-3H3. The lowest BCUT2D eigenvalue weighted by Gasteiger charge is -2.19. The van der Waals surface area contributed by atoms with Crippen LogP contribution in [-0.2, 0) is 5.41 Å². The zero-order valence-electron chi connectivity index (χ0n) is 18.6. The highest BCUT2D eigenvalue weighted by Gasteiger charge is 2.21. The predicted molar refractivity (Wildman–Crippen MR) is 145 cm³/mol. The summed E-state index contributed by atoms with van der Waals surface area (Å²) in [4.78, 5) is 0. The summed E-state index contributed by atoms with van der Waals surface area (Å²) in [6, 6.07) is 28.2. The summed E-state index contributed by atoms with van der Waals surface area (Å²) in [5.74, 6) is 0. The van der Waals surface area contributed by atoms with Gasteiger partial charge in [-0.05, 0) is 63.3 Å². The third-order valence-electron chi connectivity index (χ3n) is 6.45. The van der Waals surface area contributed by atoms with Gasteiger partial charge in [0.15, 0.2) is 0 Å². The maximum atomic E-state index is 9.41. The third-order valence-corrected chi connectivity index (χ3v) is 8.52. The molecule has 0 amide bonds. The first-order valence-corrected chi connectivity index (χ1v) is 12.6. The van der Waals surface area contributed by atoms with Crippen molar-refractivity contribution in [2.45, 2.75) is 26.2 Å². The molecule has 6 rings (SSSR count). The Morgan fingerprint density at radius 1 is 0.879 bits per heavy atom. The molecule has 6 aromatic rings. The number of benzene rings is 4. The van der Waals surface area contributed by atoms with Crippen LogP contribution in [0.3, 0.4) is 0 Å². The van der Waals surface area contributed by atoms with Crippen molar-refractivity contribution in [2.75, 3.05) is 0 Å². The second-order valence-electron chi connectivity index (χ2n) is 9.53. The fraction of sp³-hybridized carbons (Fsp3) is 0.138. The quantitative estimate of drug-likeness (QED) is 0.217. The fourth-order valence-electron chi connectivity index (χ4n) is 4.80. The Hall–Kier alpha value is -3.13. The van der Waals surface area contributed by atoms with Gasteiger partial charge < -0.3 is 4.57 Å². The number of hydrogen-bond donors (Lipinski definition) is 0. The zero-order chi connectivity index (χ0) is 22.9. The minimum Gasteiger partial charge on any atom is -0.309 e. The van der Waals surface area contributed by atoms with Crippen LogP contribution < -0.4 is 0 Å². The van der Waals surface area contributed by atoms with Crippen molar-refractivity contribution in [1.82, 2.24) is 4.57 Å². The first-order chi connectivity index (χ1) is 15.9. The fourth-order valence-corrected chi connectivity index (χ4v) is 6.62. The topological polar surface area (TPSA) is 28.7 Å². The van der Waals surface area contributed by atoms with E-state index < -0.39 is 0 Å². The average molecular weight is 509 g/mol. The van der Waals surface area contributed by atoms with E-state index in [1.165, 1.54) is 42.8 Å². The predicted octanol–water partition coefficient (Wildman–Crippen LogP) is 9.08. The molecule has 0 atom stereocenters. The molecular formula is C29H21BrN2S. The van der Waals surface area contributed by atoms with E-state index in [0.717, 1.165) is 14.9 Å². The van der Waals surface area contributed by atoms with Gasteiger partial charge in [-0.1, -0.05) is 57.2 Å². The van der Waals surface area contributed by atoms with E-state index in [2.05, 4.69) is 108 Å². The summed E-state index contributed by atoms with van der Waals surface area (Å²) in [6.45, 7) is 6.74. The van der Waals surface area contributed by atoms with E-state index >= 15 is 0 Å². The molecular weight excluding hydrogens is 488 g/mol. The SMILES string of the molecule is CC(C)(C)c1ccc(-n2c3ccccc3c3cc(Br)c4sc5cc(C#N)ccc5c4c32)cc1. The van der Waals surface area contributed by atoms with Crippen molar-refractivity contribution in [2.24, 2.45) is 0 Å². The summed E-state index contributed by atoms with van der Waals surface area (Å²) in [5.41, 5.74) is 5.70. The second-order valence-corrected chi connectivity index (χ2v) is 11.4.